The van der Waals surface area contributed by atoms with Crippen molar-refractivity contribution in [1.82, 2.24) is 20.2 Å². The zero-order valence-electron chi connectivity index (χ0n) is 20.4. The maximum absolute atomic E-state index is 14.0. The third-order valence-electron chi connectivity index (χ3n) is 5.84. The van der Waals surface area contributed by atoms with Crippen molar-refractivity contribution in [2.24, 2.45) is 0 Å². The Labute approximate surface area is 207 Å². The van der Waals surface area contributed by atoms with Crippen LogP contribution < -0.4 is 15.0 Å². The van der Waals surface area contributed by atoms with Gasteiger partial charge in [-0.15, -0.1) is 10.2 Å². The second-order valence-electron chi connectivity index (χ2n) is 8.25. The van der Waals surface area contributed by atoms with Gasteiger partial charge in [0, 0.05) is 42.5 Å². The van der Waals surface area contributed by atoms with Gasteiger partial charge in [-0.3, -0.25) is 14.8 Å². The first-order valence-electron chi connectivity index (χ1n) is 11.8. The Kier molecular flexibility index (Phi) is 7.68. The molecule has 0 spiro atoms. The van der Waals surface area contributed by atoms with Crippen molar-refractivity contribution in [3.8, 4) is 17.1 Å². The van der Waals surface area contributed by atoms with Crippen LogP contribution in [0.4, 0.5) is 20.2 Å². The Morgan fingerprint density at radius 1 is 1.17 bits per heavy atom. The summed E-state index contributed by atoms with van der Waals surface area (Å²) >= 11 is 0. The molecule has 0 saturated carbocycles. The summed E-state index contributed by atoms with van der Waals surface area (Å²) in [4.78, 5) is 23.1. The fourth-order valence-corrected chi connectivity index (χ4v) is 3.79. The summed E-state index contributed by atoms with van der Waals surface area (Å²) in [5.41, 5.74) is 2.75. The summed E-state index contributed by atoms with van der Waals surface area (Å²) < 4.78 is 39.2. The number of morpholine rings is 1. The van der Waals surface area contributed by atoms with E-state index in [0.717, 1.165) is 11.8 Å². The average molecular weight is 499 g/mol. The number of halogens is 2. The van der Waals surface area contributed by atoms with E-state index in [-0.39, 0.29) is 5.56 Å². The van der Waals surface area contributed by atoms with Gasteiger partial charge in [0.2, 0.25) is 0 Å². The Hall–Kier alpha value is -3.73. The van der Waals surface area contributed by atoms with E-state index in [2.05, 4.69) is 30.4 Å². The molecule has 0 bridgehead atoms. The molecule has 3 aromatic heterocycles. The first-order chi connectivity index (χ1) is 17.3. The molecule has 1 N–H and O–H groups in total. The van der Waals surface area contributed by atoms with Crippen LogP contribution in [0.15, 0.2) is 36.7 Å². The van der Waals surface area contributed by atoms with E-state index in [1.165, 1.54) is 25.4 Å². The summed E-state index contributed by atoms with van der Waals surface area (Å²) in [5.74, 6) is -3.22. The number of hydrogen-bond acceptors (Lipinski definition) is 8. The zero-order valence-corrected chi connectivity index (χ0v) is 20.4. The summed E-state index contributed by atoms with van der Waals surface area (Å²) in [6.45, 7) is 8.13. The average Bonchev–Trinajstić information content (AvgIpc) is 2.91. The minimum Gasteiger partial charge on any atom is -0.475 e. The van der Waals surface area contributed by atoms with Gasteiger partial charge in [-0.25, -0.2) is 0 Å². The van der Waals surface area contributed by atoms with Gasteiger partial charge in [0.05, 0.1) is 37.4 Å². The molecule has 36 heavy (non-hydrogen) atoms. The van der Waals surface area contributed by atoms with Crippen LogP contribution >= 0.6 is 0 Å². The molecule has 1 aliphatic rings. The summed E-state index contributed by atoms with van der Waals surface area (Å²) in [7, 11) is 0. The maximum Gasteiger partial charge on any atom is 0.289 e. The molecule has 0 aromatic carbocycles. The van der Waals surface area contributed by atoms with Gasteiger partial charge >= 0.3 is 0 Å². The highest BCUT2D eigenvalue weighted by molar-refractivity contribution is 6.04. The third-order valence-corrected chi connectivity index (χ3v) is 5.84. The Balaban J connectivity index is 1.62. The van der Waals surface area contributed by atoms with E-state index in [1.54, 1.807) is 6.07 Å². The standard InChI is InChI=1S/C25H28F2N6O3/c1-4-25(26,27)22-12-17(6-7-28-22)23(34)30-18-13-19(16(3)29-15-18)20-14-21(24(32-31-20)36-5-2)33-8-10-35-11-9-33/h6-7,12-15H,4-5,8-11H2,1-3H3,(H,30,34). The number of aromatic nitrogens is 4. The number of ether oxygens (including phenoxy) is 2. The predicted octanol–water partition coefficient (Wildman–Crippen LogP) is 4.23. The van der Waals surface area contributed by atoms with Gasteiger partial charge < -0.3 is 19.7 Å². The Morgan fingerprint density at radius 3 is 2.67 bits per heavy atom. The number of anilines is 2. The van der Waals surface area contributed by atoms with E-state index in [1.807, 2.05) is 19.9 Å². The second-order valence-corrected chi connectivity index (χ2v) is 8.25. The van der Waals surface area contributed by atoms with E-state index < -0.39 is 23.9 Å². The van der Waals surface area contributed by atoms with Gasteiger partial charge in [0.25, 0.3) is 17.7 Å². The highest BCUT2D eigenvalue weighted by atomic mass is 19.3. The molecule has 11 heteroatoms. The topological polar surface area (TPSA) is 102 Å². The Morgan fingerprint density at radius 2 is 1.94 bits per heavy atom. The molecule has 0 unspecified atom stereocenters. The fraction of sp³-hybridized carbons (Fsp3) is 0.400. The molecular formula is C25H28F2N6O3. The lowest BCUT2D eigenvalue weighted by atomic mass is 10.1. The van der Waals surface area contributed by atoms with Gasteiger partial charge in [0.15, 0.2) is 0 Å². The van der Waals surface area contributed by atoms with Gasteiger partial charge in [-0.2, -0.15) is 8.78 Å². The largest absolute Gasteiger partial charge is 0.475 e. The van der Waals surface area contributed by atoms with Crippen molar-refractivity contribution in [2.45, 2.75) is 33.1 Å². The molecular weight excluding hydrogens is 470 g/mol. The smallest absolute Gasteiger partial charge is 0.289 e. The van der Waals surface area contributed by atoms with E-state index >= 15 is 0 Å². The van der Waals surface area contributed by atoms with Crippen LogP contribution in [0.25, 0.3) is 11.3 Å². The van der Waals surface area contributed by atoms with Crippen molar-refractivity contribution < 1.29 is 23.0 Å². The van der Waals surface area contributed by atoms with E-state index in [0.29, 0.717) is 61.4 Å². The fourth-order valence-electron chi connectivity index (χ4n) is 3.79. The number of alkyl halides is 2. The summed E-state index contributed by atoms with van der Waals surface area (Å²) in [5, 5.41) is 11.4. The normalized spacial score (nSPS) is 14.0. The molecule has 9 nitrogen and oxygen atoms in total. The van der Waals surface area contributed by atoms with Crippen LogP contribution in [-0.4, -0.2) is 59.0 Å². The first-order valence-corrected chi connectivity index (χ1v) is 11.8. The predicted molar refractivity (Wildman–Crippen MR) is 131 cm³/mol. The quantitative estimate of drug-likeness (QED) is 0.492. The lowest BCUT2D eigenvalue weighted by molar-refractivity contribution is -0.0128. The molecule has 0 atom stereocenters. The lowest BCUT2D eigenvalue weighted by Gasteiger charge is -2.29. The molecule has 1 fully saturated rings. The van der Waals surface area contributed by atoms with Gasteiger partial charge in [-0.05, 0) is 38.1 Å². The van der Waals surface area contributed by atoms with Crippen molar-refractivity contribution in [2.75, 3.05) is 43.1 Å². The molecule has 4 heterocycles. The number of nitrogens with zero attached hydrogens (tertiary/aromatic N) is 5. The number of nitrogens with one attached hydrogen (secondary N) is 1. The van der Waals surface area contributed by atoms with Crippen LogP contribution in [0.5, 0.6) is 5.88 Å². The number of hydrogen-bond donors (Lipinski definition) is 1. The molecule has 3 aromatic rings. The monoisotopic (exact) mass is 498 g/mol. The van der Waals surface area contributed by atoms with E-state index in [4.69, 9.17) is 9.47 Å². The first kappa shape index (κ1) is 25.4. The van der Waals surface area contributed by atoms with Crippen molar-refractivity contribution >= 4 is 17.3 Å². The number of carbonyl (C=O) groups excluding carboxylic acids is 1. The van der Waals surface area contributed by atoms with E-state index in [9.17, 15) is 13.6 Å². The third kappa shape index (κ3) is 5.56. The van der Waals surface area contributed by atoms with Crippen molar-refractivity contribution in [3.63, 3.8) is 0 Å². The van der Waals surface area contributed by atoms with Crippen molar-refractivity contribution in [1.29, 1.82) is 0 Å². The molecule has 1 amide bonds. The number of amides is 1. The molecule has 1 aliphatic heterocycles. The molecule has 0 aliphatic carbocycles. The second kappa shape index (κ2) is 10.9. The molecule has 0 radical (unpaired) electrons. The minimum atomic E-state index is -3.11. The molecule has 4 rings (SSSR count). The number of aryl methyl sites for hydroxylation is 1. The highest BCUT2D eigenvalue weighted by Crippen LogP contribution is 2.33. The maximum atomic E-state index is 14.0. The zero-order chi connectivity index (χ0) is 25.7. The van der Waals surface area contributed by atoms with Gasteiger partial charge in [-0.1, -0.05) is 6.92 Å². The summed E-state index contributed by atoms with van der Waals surface area (Å²) in [6, 6.07) is 6.12. The van der Waals surface area contributed by atoms with Crippen LogP contribution in [0.3, 0.4) is 0 Å². The number of rotatable bonds is 8. The number of carbonyl (C=O) groups is 1. The van der Waals surface area contributed by atoms with Crippen molar-refractivity contribution in [3.05, 3.63) is 53.6 Å². The van der Waals surface area contributed by atoms with Gasteiger partial charge in [0.1, 0.15) is 11.4 Å². The number of pyridine rings is 2. The van der Waals surface area contributed by atoms with Crippen LogP contribution in [0, 0.1) is 6.92 Å². The molecule has 190 valence electrons. The molecule has 1 saturated heterocycles. The minimum absolute atomic E-state index is 0.0747. The Bertz CT molecular complexity index is 1230. The summed E-state index contributed by atoms with van der Waals surface area (Å²) in [6.07, 6.45) is 2.30. The highest BCUT2D eigenvalue weighted by Gasteiger charge is 2.31. The van der Waals surface area contributed by atoms with Crippen LogP contribution in [0.1, 0.15) is 42.0 Å². The van der Waals surface area contributed by atoms with Crippen LogP contribution in [0.2, 0.25) is 0 Å². The van der Waals surface area contributed by atoms with Crippen LogP contribution in [-0.2, 0) is 10.7 Å². The lowest BCUT2D eigenvalue weighted by Crippen LogP contribution is -2.36. The SMILES string of the molecule is CCOc1nnc(-c2cc(NC(=O)c3ccnc(C(F)(F)CC)c3)cnc2C)cc1N1CCOCC1.